The molecule has 3 aromatic rings. The van der Waals surface area contributed by atoms with Crippen molar-refractivity contribution in [1.82, 2.24) is 10.3 Å². The van der Waals surface area contributed by atoms with Gasteiger partial charge in [-0.25, -0.2) is 4.98 Å². The van der Waals surface area contributed by atoms with Crippen LogP contribution in [0.15, 0.2) is 72.9 Å². The predicted octanol–water partition coefficient (Wildman–Crippen LogP) is 4.06. The third kappa shape index (κ3) is 5.48. The molecule has 6 heteroatoms. The van der Waals surface area contributed by atoms with Crippen LogP contribution in [0.1, 0.15) is 17.4 Å². The molecule has 0 saturated heterocycles. The molecular formula is C23H25N3O3. The van der Waals surface area contributed by atoms with Crippen LogP contribution in [-0.4, -0.2) is 37.7 Å². The average Bonchev–Trinajstić information content (AvgIpc) is 2.79. The maximum absolute atomic E-state index is 12.3. The zero-order valence-electron chi connectivity index (χ0n) is 16.7. The number of aromatic nitrogens is 1. The fourth-order valence-corrected chi connectivity index (χ4v) is 2.90. The number of hydrogen-bond acceptors (Lipinski definition) is 5. The highest BCUT2D eigenvalue weighted by Gasteiger charge is 2.10. The summed E-state index contributed by atoms with van der Waals surface area (Å²) in [5, 5.41) is 2.82. The van der Waals surface area contributed by atoms with Gasteiger partial charge in [-0.3, -0.25) is 4.79 Å². The molecule has 0 spiro atoms. The van der Waals surface area contributed by atoms with Gasteiger partial charge in [0, 0.05) is 12.2 Å². The first kappa shape index (κ1) is 20.2. The summed E-state index contributed by atoms with van der Waals surface area (Å²) in [6.45, 7) is 3.64. The number of pyridine rings is 1. The molecule has 0 atom stereocenters. The number of hydrogen-bond donors (Lipinski definition) is 1. The Balaban J connectivity index is 1.50. The van der Waals surface area contributed by atoms with Gasteiger partial charge in [0.2, 0.25) is 0 Å². The number of carbonyl (C=O) groups excluding carboxylic acids is 1. The van der Waals surface area contributed by atoms with Crippen LogP contribution in [0, 0.1) is 0 Å². The second-order valence-corrected chi connectivity index (χ2v) is 6.26. The van der Waals surface area contributed by atoms with Gasteiger partial charge in [-0.05, 0) is 55.5 Å². The number of benzene rings is 2. The quantitative estimate of drug-likeness (QED) is 0.558. The van der Waals surface area contributed by atoms with Gasteiger partial charge in [0.25, 0.3) is 5.91 Å². The largest absolute Gasteiger partial charge is 0.497 e. The number of anilines is 2. The molecule has 0 unspecified atom stereocenters. The lowest BCUT2D eigenvalue weighted by molar-refractivity contribution is 0.0942. The van der Waals surface area contributed by atoms with Gasteiger partial charge >= 0.3 is 0 Å². The number of para-hydroxylation sites is 1. The van der Waals surface area contributed by atoms with Crippen LogP contribution >= 0.6 is 0 Å². The Morgan fingerprint density at radius 1 is 0.966 bits per heavy atom. The van der Waals surface area contributed by atoms with E-state index in [1.54, 1.807) is 19.4 Å². The molecule has 0 aliphatic rings. The second-order valence-electron chi connectivity index (χ2n) is 6.26. The van der Waals surface area contributed by atoms with Crippen LogP contribution in [0.4, 0.5) is 11.4 Å². The summed E-state index contributed by atoms with van der Waals surface area (Å²) in [6.07, 6.45) is 1.72. The van der Waals surface area contributed by atoms with Gasteiger partial charge in [-0.2, -0.15) is 0 Å². The van der Waals surface area contributed by atoms with Crippen LogP contribution in [0.2, 0.25) is 0 Å². The molecule has 3 rings (SSSR count). The van der Waals surface area contributed by atoms with E-state index in [9.17, 15) is 4.79 Å². The molecule has 2 aromatic carbocycles. The number of ether oxygens (including phenoxy) is 2. The van der Waals surface area contributed by atoms with E-state index in [1.807, 2.05) is 60.7 Å². The number of carbonyl (C=O) groups is 1. The van der Waals surface area contributed by atoms with Crippen molar-refractivity contribution < 1.29 is 14.3 Å². The zero-order chi connectivity index (χ0) is 20.5. The van der Waals surface area contributed by atoms with E-state index < -0.39 is 0 Å². The van der Waals surface area contributed by atoms with E-state index in [2.05, 4.69) is 22.1 Å². The first-order valence-corrected chi connectivity index (χ1v) is 9.55. The molecule has 0 fully saturated rings. The van der Waals surface area contributed by atoms with Crippen LogP contribution < -0.4 is 19.7 Å². The van der Waals surface area contributed by atoms with Crippen molar-refractivity contribution in [1.29, 1.82) is 0 Å². The number of rotatable bonds is 9. The lowest BCUT2D eigenvalue weighted by Crippen LogP contribution is -2.28. The van der Waals surface area contributed by atoms with Crippen LogP contribution in [0.3, 0.4) is 0 Å². The van der Waals surface area contributed by atoms with Crippen LogP contribution in [0.25, 0.3) is 0 Å². The van der Waals surface area contributed by atoms with E-state index in [1.165, 1.54) is 0 Å². The molecule has 29 heavy (non-hydrogen) atoms. The molecule has 0 aliphatic heterocycles. The molecule has 0 saturated carbocycles. The topological polar surface area (TPSA) is 63.7 Å². The molecule has 150 valence electrons. The summed E-state index contributed by atoms with van der Waals surface area (Å²) in [7, 11) is 1.62. The van der Waals surface area contributed by atoms with Gasteiger partial charge in [0.05, 0.1) is 25.5 Å². The van der Waals surface area contributed by atoms with Gasteiger partial charge in [0.1, 0.15) is 23.8 Å². The van der Waals surface area contributed by atoms with E-state index in [0.29, 0.717) is 18.8 Å². The predicted molar refractivity (Wildman–Crippen MR) is 114 cm³/mol. The maximum atomic E-state index is 12.3. The summed E-state index contributed by atoms with van der Waals surface area (Å²) in [4.78, 5) is 18.8. The number of amides is 1. The Labute approximate surface area is 171 Å². The van der Waals surface area contributed by atoms with Crippen molar-refractivity contribution in [2.24, 2.45) is 0 Å². The number of nitrogens with one attached hydrogen (secondary N) is 1. The normalized spacial score (nSPS) is 10.3. The van der Waals surface area contributed by atoms with E-state index in [-0.39, 0.29) is 5.91 Å². The summed E-state index contributed by atoms with van der Waals surface area (Å²) in [5.74, 6) is 1.27. The Morgan fingerprint density at radius 2 is 1.69 bits per heavy atom. The average molecular weight is 391 g/mol. The summed E-state index contributed by atoms with van der Waals surface area (Å²) in [6, 6.07) is 21.0. The molecule has 0 aliphatic carbocycles. The van der Waals surface area contributed by atoms with Crippen LogP contribution in [0.5, 0.6) is 11.5 Å². The number of methoxy groups -OCH3 is 1. The summed E-state index contributed by atoms with van der Waals surface area (Å²) < 4.78 is 10.7. The van der Waals surface area contributed by atoms with Gasteiger partial charge in [-0.1, -0.05) is 18.2 Å². The summed E-state index contributed by atoms with van der Waals surface area (Å²) >= 11 is 0. The number of nitrogens with zero attached hydrogens (tertiary/aromatic N) is 2. The zero-order valence-corrected chi connectivity index (χ0v) is 16.7. The Morgan fingerprint density at radius 3 is 2.31 bits per heavy atom. The van der Waals surface area contributed by atoms with Gasteiger partial charge < -0.3 is 19.7 Å². The molecular weight excluding hydrogens is 366 g/mol. The van der Waals surface area contributed by atoms with Crippen molar-refractivity contribution in [3.8, 4) is 11.5 Å². The van der Waals surface area contributed by atoms with Crippen molar-refractivity contribution >= 4 is 17.3 Å². The molecule has 1 N–H and O–H groups in total. The first-order valence-electron chi connectivity index (χ1n) is 9.55. The molecule has 0 radical (unpaired) electrons. The molecule has 6 nitrogen and oxygen atoms in total. The van der Waals surface area contributed by atoms with Crippen LogP contribution in [-0.2, 0) is 0 Å². The highest BCUT2D eigenvalue weighted by molar-refractivity contribution is 5.92. The molecule has 0 bridgehead atoms. The fourth-order valence-electron chi connectivity index (χ4n) is 2.90. The highest BCUT2D eigenvalue weighted by atomic mass is 16.5. The van der Waals surface area contributed by atoms with Gasteiger partial charge in [0.15, 0.2) is 0 Å². The van der Waals surface area contributed by atoms with Crippen molar-refractivity contribution in [2.75, 3.05) is 31.7 Å². The second kappa shape index (κ2) is 10.1. The van der Waals surface area contributed by atoms with E-state index >= 15 is 0 Å². The highest BCUT2D eigenvalue weighted by Crippen LogP contribution is 2.24. The smallest absolute Gasteiger partial charge is 0.269 e. The van der Waals surface area contributed by atoms with Gasteiger partial charge in [-0.15, -0.1) is 0 Å². The van der Waals surface area contributed by atoms with E-state index in [4.69, 9.17) is 9.47 Å². The molecule has 1 heterocycles. The monoisotopic (exact) mass is 391 g/mol. The lowest BCUT2D eigenvalue weighted by atomic mass is 10.2. The summed E-state index contributed by atoms with van der Waals surface area (Å²) in [5.41, 5.74) is 2.41. The van der Waals surface area contributed by atoms with Crippen molar-refractivity contribution in [2.45, 2.75) is 6.92 Å². The fraction of sp³-hybridized carbons (Fsp3) is 0.217. The molecule has 1 aromatic heterocycles. The van der Waals surface area contributed by atoms with Crippen molar-refractivity contribution in [3.63, 3.8) is 0 Å². The molecule has 1 amide bonds. The third-order valence-corrected chi connectivity index (χ3v) is 4.39. The lowest BCUT2D eigenvalue weighted by Gasteiger charge is -2.22. The maximum Gasteiger partial charge on any atom is 0.269 e. The first-order chi connectivity index (χ1) is 14.2. The van der Waals surface area contributed by atoms with Crippen molar-refractivity contribution in [3.05, 3.63) is 78.6 Å². The standard InChI is InChI=1S/C23H25N3O3/c1-3-26(18-7-5-4-6-8-18)19-9-14-22(25-17-19)23(27)24-15-16-29-21-12-10-20(28-2)11-13-21/h4-14,17H,3,15-16H2,1-2H3,(H,24,27). The minimum atomic E-state index is -0.224. The Kier molecular flexibility index (Phi) is 7.05. The Hall–Kier alpha value is -3.54. The SMILES string of the molecule is CCN(c1ccccc1)c1ccc(C(=O)NCCOc2ccc(OC)cc2)nc1. The van der Waals surface area contributed by atoms with E-state index in [0.717, 1.165) is 29.4 Å². The minimum absolute atomic E-state index is 0.224. The minimum Gasteiger partial charge on any atom is -0.497 e. The Bertz CT molecular complexity index is 897. The third-order valence-electron chi connectivity index (χ3n) is 4.39.